The van der Waals surface area contributed by atoms with E-state index >= 15 is 0 Å². The molecule has 1 atom stereocenters. The highest BCUT2D eigenvalue weighted by molar-refractivity contribution is 5.79. The van der Waals surface area contributed by atoms with Gasteiger partial charge in [0, 0.05) is 51.2 Å². The van der Waals surface area contributed by atoms with Gasteiger partial charge in [-0.2, -0.15) is 0 Å². The van der Waals surface area contributed by atoms with E-state index in [-0.39, 0.29) is 11.9 Å². The van der Waals surface area contributed by atoms with Gasteiger partial charge in [0.1, 0.15) is 11.6 Å². The maximum Gasteiger partial charge on any atom is 0.224 e. The van der Waals surface area contributed by atoms with Crippen LogP contribution in [0.25, 0.3) is 0 Å². The number of guanidine groups is 1. The number of nitrogens with one attached hydrogen (secondary N) is 2. The molecule has 3 rings (SSSR count). The Morgan fingerprint density at radius 2 is 2.24 bits per heavy atom. The molecule has 1 aromatic heterocycles. The van der Waals surface area contributed by atoms with Crippen LogP contribution in [-0.2, 0) is 16.0 Å². The van der Waals surface area contributed by atoms with Crippen molar-refractivity contribution in [1.82, 2.24) is 15.6 Å². The Morgan fingerprint density at radius 1 is 1.31 bits per heavy atom. The first kappa shape index (κ1) is 21.0. The lowest BCUT2D eigenvalue weighted by molar-refractivity contribution is 0.0420. The van der Waals surface area contributed by atoms with E-state index in [1.54, 1.807) is 25.4 Å². The lowest BCUT2D eigenvalue weighted by Gasteiger charge is -2.14. The molecule has 0 saturated carbocycles. The second-order valence-electron chi connectivity index (χ2n) is 6.59. The van der Waals surface area contributed by atoms with Gasteiger partial charge in [-0.15, -0.1) is 0 Å². The largest absolute Gasteiger partial charge is 0.439 e. The molecular weight excluding hydrogens is 375 g/mol. The first-order chi connectivity index (χ1) is 14.2. The fraction of sp³-hybridized carbons (Fsp3) is 0.429. The van der Waals surface area contributed by atoms with E-state index in [1.807, 2.05) is 12.1 Å². The molecule has 1 aliphatic rings. The van der Waals surface area contributed by atoms with E-state index in [0.29, 0.717) is 37.3 Å². The smallest absolute Gasteiger partial charge is 0.224 e. The van der Waals surface area contributed by atoms with Crippen LogP contribution in [0.4, 0.5) is 4.39 Å². The van der Waals surface area contributed by atoms with Crippen LogP contribution in [0, 0.1) is 5.82 Å². The average molecular weight is 402 g/mol. The first-order valence-electron chi connectivity index (χ1n) is 9.76. The molecule has 156 valence electrons. The highest BCUT2D eigenvalue weighted by Gasteiger charge is 2.15. The number of pyridine rings is 1. The Bertz CT molecular complexity index is 797. The van der Waals surface area contributed by atoms with Crippen LogP contribution in [0.3, 0.4) is 0 Å². The molecular formula is C21H27FN4O3. The summed E-state index contributed by atoms with van der Waals surface area (Å²) in [6.45, 7) is 3.38. The molecule has 1 aromatic carbocycles. The molecule has 2 aromatic rings. The van der Waals surface area contributed by atoms with Crippen molar-refractivity contribution in [3.8, 4) is 11.6 Å². The Kier molecular flexibility index (Phi) is 8.21. The summed E-state index contributed by atoms with van der Waals surface area (Å²) in [5.41, 5.74) is 0.837. The lowest BCUT2D eigenvalue weighted by atomic mass is 10.2. The SMILES string of the molecule is CN=C(NCCCOC1CCOC1)NCc1cccnc1Oc1cccc(F)c1. The van der Waals surface area contributed by atoms with Gasteiger partial charge < -0.3 is 24.8 Å². The summed E-state index contributed by atoms with van der Waals surface area (Å²) in [7, 11) is 1.72. The summed E-state index contributed by atoms with van der Waals surface area (Å²) in [5, 5.41) is 6.50. The minimum atomic E-state index is -0.354. The quantitative estimate of drug-likeness (QED) is 0.382. The molecule has 2 N–H and O–H groups in total. The van der Waals surface area contributed by atoms with Crippen LogP contribution in [-0.4, -0.2) is 50.5 Å². The third kappa shape index (κ3) is 6.99. The van der Waals surface area contributed by atoms with Gasteiger partial charge in [-0.1, -0.05) is 12.1 Å². The Labute approximate surface area is 170 Å². The summed E-state index contributed by atoms with van der Waals surface area (Å²) >= 11 is 0. The minimum absolute atomic E-state index is 0.231. The monoisotopic (exact) mass is 402 g/mol. The van der Waals surface area contributed by atoms with Crippen molar-refractivity contribution in [2.45, 2.75) is 25.5 Å². The van der Waals surface area contributed by atoms with Crippen molar-refractivity contribution < 1.29 is 18.6 Å². The van der Waals surface area contributed by atoms with Gasteiger partial charge in [-0.25, -0.2) is 9.37 Å². The number of aliphatic imine (C=N–C) groups is 1. The molecule has 0 aliphatic carbocycles. The van der Waals surface area contributed by atoms with E-state index in [0.717, 1.165) is 31.6 Å². The number of ether oxygens (including phenoxy) is 3. The van der Waals surface area contributed by atoms with E-state index in [1.165, 1.54) is 12.1 Å². The molecule has 1 aliphatic heterocycles. The van der Waals surface area contributed by atoms with Gasteiger partial charge in [-0.05, 0) is 31.0 Å². The second kappa shape index (κ2) is 11.3. The number of benzene rings is 1. The normalized spacial score (nSPS) is 16.6. The molecule has 8 heteroatoms. The van der Waals surface area contributed by atoms with Crippen molar-refractivity contribution in [2.75, 3.05) is 33.4 Å². The van der Waals surface area contributed by atoms with Crippen LogP contribution in [0.5, 0.6) is 11.6 Å². The molecule has 2 heterocycles. The summed E-state index contributed by atoms with van der Waals surface area (Å²) in [5.74, 6) is 1.15. The van der Waals surface area contributed by atoms with Gasteiger partial charge in [0.25, 0.3) is 0 Å². The maximum atomic E-state index is 13.4. The molecule has 1 unspecified atom stereocenters. The molecule has 0 spiro atoms. The average Bonchev–Trinajstić information content (AvgIpc) is 3.24. The van der Waals surface area contributed by atoms with Crippen molar-refractivity contribution in [2.24, 2.45) is 4.99 Å². The zero-order chi connectivity index (χ0) is 20.3. The molecule has 7 nitrogen and oxygen atoms in total. The zero-order valence-electron chi connectivity index (χ0n) is 16.6. The number of nitrogens with zero attached hydrogens (tertiary/aromatic N) is 2. The van der Waals surface area contributed by atoms with Crippen LogP contribution >= 0.6 is 0 Å². The zero-order valence-corrected chi connectivity index (χ0v) is 16.6. The fourth-order valence-electron chi connectivity index (χ4n) is 2.87. The van der Waals surface area contributed by atoms with E-state index in [2.05, 4.69) is 20.6 Å². The molecule has 0 radical (unpaired) electrons. The number of rotatable bonds is 9. The second-order valence-corrected chi connectivity index (χ2v) is 6.59. The highest BCUT2D eigenvalue weighted by atomic mass is 19.1. The van der Waals surface area contributed by atoms with Crippen molar-refractivity contribution >= 4 is 5.96 Å². The predicted octanol–water partition coefficient (Wildman–Crippen LogP) is 2.87. The minimum Gasteiger partial charge on any atom is -0.439 e. The molecule has 0 amide bonds. The molecule has 1 fully saturated rings. The van der Waals surface area contributed by atoms with Crippen molar-refractivity contribution in [1.29, 1.82) is 0 Å². The summed E-state index contributed by atoms with van der Waals surface area (Å²) < 4.78 is 30.2. The van der Waals surface area contributed by atoms with Gasteiger partial charge in [0.2, 0.25) is 5.88 Å². The standard InChI is InChI=1S/C21H27FN4O3/c1-23-21(25-10-4-11-28-19-8-12-27-15-19)26-14-16-5-3-9-24-20(16)29-18-7-2-6-17(22)13-18/h2-3,5-7,9,13,19H,4,8,10-12,14-15H2,1H3,(H2,23,25,26). The van der Waals surface area contributed by atoms with Gasteiger partial charge in [0.05, 0.1) is 12.7 Å². The fourth-order valence-corrected chi connectivity index (χ4v) is 2.87. The number of aromatic nitrogens is 1. The van der Waals surface area contributed by atoms with Crippen molar-refractivity contribution in [3.63, 3.8) is 0 Å². The topological polar surface area (TPSA) is 77.0 Å². The Hall–Kier alpha value is -2.71. The summed E-state index contributed by atoms with van der Waals surface area (Å²) in [6, 6.07) is 9.72. The van der Waals surface area contributed by atoms with Crippen molar-refractivity contribution in [3.05, 3.63) is 54.0 Å². The van der Waals surface area contributed by atoms with Crippen LogP contribution in [0.15, 0.2) is 47.6 Å². The summed E-state index contributed by atoms with van der Waals surface area (Å²) in [6.07, 6.45) is 3.72. The maximum absolute atomic E-state index is 13.4. The molecule has 0 bridgehead atoms. The third-order valence-electron chi connectivity index (χ3n) is 4.39. The van der Waals surface area contributed by atoms with Gasteiger partial charge >= 0.3 is 0 Å². The van der Waals surface area contributed by atoms with E-state index in [4.69, 9.17) is 14.2 Å². The summed E-state index contributed by atoms with van der Waals surface area (Å²) in [4.78, 5) is 8.49. The van der Waals surface area contributed by atoms with E-state index < -0.39 is 0 Å². The number of hydrogen-bond acceptors (Lipinski definition) is 5. The van der Waals surface area contributed by atoms with Crippen LogP contribution < -0.4 is 15.4 Å². The van der Waals surface area contributed by atoms with Crippen LogP contribution in [0.1, 0.15) is 18.4 Å². The third-order valence-corrected chi connectivity index (χ3v) is 4.39. The number of halogens is 1. The lowest BCUT2D eigenvalue weighted by Crippen LogP contribution is -2.37. The Balaban J connectivity index is 1.44. The first-order valence-corrected chi connectivity index (χ1v) is 9.76. The molecule has 29 heavy (non-hydrogen) atoms. The van der Waals surface area contributed by atoms with Gasteiger partial charge in [-0.3, -0.25) is 4.99 Å². The number of hydrogen-bond donors (Lipinski definition) is 2. The highest BCUT2D eigenvalue weighted by Crippen LogP contribution is 2.23. The Morgan fingerprint density at radius 3 is 3.03 bits per heavy atom. The molecule has 1 saturated heterocycles. The predicted molar refractivity (Wildman–Crippen MR) is 109 cm³/mol. The van der Waals surface area contributed by atoms with Crippen LogP contribution in [0.2, 0.25) is 0 Å². The van der Waals surface area contributed by atoms with Gasteiger partial charge in [0.15, 0.2) is 5.96 Å². The van der Waals surface area contributed by atoms with E-state index in [9.17, 15) is 4.39 Å².